The number of rotatable bonds is 7. The molecule has 28 heavy (non-hydrogen) atoms. The maximum atomic E-state index is 12.4. The Bertz CT molecular complexity index is 797. The lowest BCUT2D eigenvalue weighted by Crippen LogP contribution is -2.36. The highest BCUT2D eigenvalue weighted by molar-refractivity contribution is 6.04. The van der Waals surface area contributed by atoms with Crippen molar-refractivity contribution in [2.45, 2.75) is 31.7 Å². The minimum absolute atomic E-state index is 0.0372. The molecule has 0 spiro atoms. The van der Waals surface area contributed by atoms with Crippen LogP contribution in [-0.4, -0.2) is 43.5 Å². The van der Waals surface area contributed by atoms with E-state index in [0.717, 1.165) is 5.75 Å². The predicted octanol–water partition coefficient (Wildman–Crippen LogP) is 3.76. The molecule has 6 nitrogen and oxygen atoms in total. The average Bonchev–Trinajstić information content (AvgIpc) is 3.24. The Morgan fingerprint density at radius 3 is 2.14 bits per heavy atom. The van der Waals surface area contributed by atoms with Crippen molar-refractivity contribution in [3.05, 3.63) is 54.1 Å². The van der Waals surface area contributed by atoms with Crippen LogP contribution < -0.4 is 15.4 Å². The molecule has 0 heterocycles. The maximum Gasteiger partial charge on any atom is 0.255 e. The molecule has 2 aromatic rings. The Kier molecular flexibility index (Phi) is 6.66. The van der Waals surface area contributed by atoms with Crippen LogP contribution in [0.3, 0.4) is 0 Å². The van der Waals surface area contributed by atoms with Crippen molar-refractivity contribution < 1.29 is 14.3 Å². The Hall–Kier alpha value is -2.86. The van der Waals surface area contributed by atoms with E-state index in [4.69, 9.17) is 4.74 Å². The summed E-state index contributed by atoms with van der Waals surface area (Å²) in [6.07, 6.45) is 4.83. The van der Waals surface area contributed by atoms with E-state index < -0.39 is 0 Å². The third-order valence-corrected chi connectivity index (χ3v) is 5.12. The van der Waals surface area contributed by atoms with Gasteiger partial charge in [-0.25, -0.2) is 0 Å². The topological polar surface area (TPSA) is 70.7 Å². The minimum Gasteiger partial charge on any atom is -0.497 e. The van der Waals surface area contributed by atoms with Crippen LogP contribution in [0.5, 0.6) is 5.75 Å². The van der Waals surface area contributed by atoms with E-state index >= 15 is 0 Å². The van der Waals surface area contributed by atoms with Crippen molar-refractivity contribution in [3.8, 4) is 5.75 Å². The molecule has 0 bridgehead atoms. The predicted molar refractivity (Wildman–Crippen MR) is 111 cm³/mol. The summed E-state index contributed by atoms with van der Waals surface area (Å²) in [4.78, 5) is 26.7. The second-order valence-electron chi connectivity index (χ2n) is 7.16. The first-order valence-corrected chi connectivity index (χ1v) is 9.61. The summed E-state index contributed by atoms with van der Waals surface area (Å²) in [5, 5.41) is 5.74. The number of nitrogens with zero attached hydrogens (tertiary/aromatic N) is 1. The normalized spacial score (nSPS) is 14.1. The van der Waals surface area contributed by atoms with Crippen LogP contribution in [0.4, 0.5) is 11.4 Å². The monoisotopic (exact) mass is 381 g/mol. The molecule has 3 rings (SSSR count). The lowest BCUT2D eigenvalue weighted by atomic mass is 10.2. The van der Waals surface area contributed by atoms with Crippen molar-refractivity contribution in [3.63, 3.8) is 0 Å². The van der Waals surface area contributed by atoms with Gasteiger partial charge in [0.2, 0.25) is 5.91 Å². The zero-order chi connectivity index (χ0) is 19.9. The summed E-state index contributed by atoms with van der Waals surface area (Å²) < 4.78 is 5.11. The van der Waals surface area contributed by atoms with Gasteiger partial charge < -0.3 is 15.4 Å². The van der Waals surface area contributed by atoms with Crippen LogP contribution in [0.15, 0.2) is 48.5 Å². The first-order chi connectivity index (χ1) is 13.5. The summed E-state index contributed by atoms with van der Waals surface area (Å²) >= 11 is 0. The van der Waals surface area contributed by atoms with Gasteiger partial charge in [0, 0.05) is 23.0 Å². The Morgan fingerprint density at radius 1 is 0.964 bits per heavy atom. The highest BCUT2D eigenvalue weighted by atomic mass is 16.5. The number of ether oxygens (including phenoxy) is 1. The molecule has 148 valence electrons. The van der Waals surface area contributed by atoms with Crippen molar-refractivity contribution in [2.75, 3.05) is 31.3 Å². The third-order valence-electron chi connectivity index (χ3n) is 5.12. The molecule has 0 radical (unpaired) electrons. The molecular weight excluding hydrogens is 354 g/mol. The standard InChI is InChI=1S/C22H27N3O3/c1-25(19-5-3-4-6-19)15-21(26)23-17-9-7-16(8-10-17)22(27)24-18-11-13-20(28-2)14-12-18/h7-14,19H,3-6,15H2,1-2H3,(H,23,26)(H,24,27). The van der Waals surface area contributed by atoms with Crippen LogP contribution in [0, 0.1) is 0 Å². The molecule has 2 amide bonds. The summed E-state index contributed by atoms with van der Waals surface area (Å²) in [5.74, 6) is 0.491. The lowest BCUT2D eigenvalue weighted by molar-refractivity contribution is -0.117. The number of carbonyl (C=O) groups is 2. The van der Waals surface area contributed by atoms with Crippen LogP contribution in [0.2, 0.25) is 0 Å². The van der Waals surface area contributed by atoms with E-state index in [1.807, 2.05) is 7.05 Å². The van der Waals surface area contributed by atoms with E-state index in [9.17, 15) is 9.59 Å². The van der Waals surface area contributed by atoms with E-state index in [2.05, 4.69) is 15.5 Å². The summed E-state index contributed by atoms with van der Waals surface area (Å²) in [5.41, 5.74) is 1.90. The first kappa shape index (κ1) is 19.9. The quantitative estimate of drug-likeness (QED) is 0.766. The molecular formula is C22H27N3O3. The molecule has 2 N–H and O–H groups in total. The number of methoxy groups -OCH3 is 1. The fourth-order valence-corrected chi connectivity index (χ4v) is 3.48. The molecule has 1 fully saturated rings. The number of anilines is 2. The highest BCUT2D eigenvalue weighted by Gasteiger charge is 2.21. The van der Waals surface area contributed by atoms with E-state index in [1.165, 1.54) is 25.7 Å². The molecule has 0 atom stereocenters. The molecule has 0 aliphatic heterocycles. The van der Waals surface area contributed by atoms with Crippen LogP contribution in [-0.2, 0) is 4.79 Å². The second-order valence-corrected chi connectivity index (χ2v) is 7.16. The largest absolute Gasteiger partial charge is 0.497 e. The van der Waals surface area contributed by atoms with Crippen molar-refractivity contribution in [1.82, 2.24) is 4.90 Å². The molecule has 1 aliphatic rings. The van der Waals surface area contributed by atoms with Gasteiger partial charge in [-0.1, -0.05) is 12.8 Å². The minimum atomic E-state index is -0.205. The molecule has 1 saturated carbocycles. The number of carbonyl (C=O) groups excluding carboxylic acids is 2. The second kappa shape index (κ2) is 9.37. The van der Waals surface area contributed by atoms with Gasteiger partial charge in [0.25, 0.3) is 5.91 Å². The molecule has 2 aromatic carbocycles. The van der Waals surface area contributed by atoms with E-state index in [-0.39, 0.29) is 11.8 Å². The number of likely N-dealkylation sites (N-methyl/N-ethyl adjacent to an activating group) is 1. The van der Waals surface area contributed by atoms with Gasteiger partial charge in [-0.05, 0) is 68.4 Å². The van der Waals surface area contributed by atoms with Gasteiger partial charge in [-0.3, -0.25) is 14.5 Å². The zero-order valence-corrected chi connectivity index (χ0v) is 16.4. The Morgan fingerprint density at radius 2 is 1.54 bits per heavy atom. The SMILES string of the molecule is COc1ccc(NC(=O)c2ccc(NC(=O)CN(C)C3CCCC3)cc2)cc1. The Labute approximate surface area is 165 Å². The first-order valence-electron chi connectivity index (χ1n) is 9.61. The molecule has 6 heteroatoms. The van der Waals surface area contributed by atoms with Gasteiger partial charge in [0.1, 0.15) is 5.75 Å². The van der Waals surface area contributed by atoms with Gasteiger partial charge in [0.05, 0.1) is 13.7 Å². The maximum absolute atomic E-state index is 12.4. The van der Waals surface area contributed by atoms with Gasteiger partial charge in [0.15, 0.2) is 0 Å². The van der Waals surface area contributed by atoms with Crippen molar-refractivity contribution in [1.29, 1.82) is 0 Å². The Balaban J connectivity index is 1.51. The fourth-order valence-electron chi connectivity index (χ4n) is 3.48. The van der Waals surface area contributed by atoms with Gasteiger partial charge >= 0.3 is 0 Å². The lowest BCUT2D eigenvalue weighted by Gasteiger charge is -2.23. The van der Waals surface area contributed by atoms with E-state index in [1.54, 1.807) is 55.6 Å². The average molecular weight is 381 g/mol. The number of benzene rings is 2. The fraction of sp³-hybridized carbons (Fsp3) is 0.364. The summed E-state index contributed by atoms with van der Waals surface area (Å²) in [6.45, 7) is 0.379. The van der Waals surface area contributed by atoms with Crippen molar-refractivity contribution in [2.24, 2.45) is 0 Å². The number of hydrogen-bond acceptors (Lipinski definition) is 4. The van der Waals surface area contributed by atoms with E-state index in [0.29, 0.717) is 29.5 Å². The summed E-state index contributed by atoms with van der Waals surface area (Å²) in [6, 6.07) is 14.6. The number of nitrogens with one attached hydrogen (secondary N) is 2. The zero-order valence-electron chi connectivity index (χ0n) is 16.4. The van der Waals surface area contributed by atoms with Crippen molar-refractivity contribution >= 4 is 23.2 Å². The van der Waals surface area contributed by atoms with Crippen LogP contribution in [0.25, 0.3) is 0 Å². The number of amides is 2. The molecule has 0 saturated heterocycles. The number of hydrogen-bond donors (Lipinski definition) is 2. The third kappa shape index (κ3) is 5.33. The molecule has 0 aromatic heterocycles. The van der Waals surface area contributed by atoms with Crippen LogP contribution >= 0.6 is 0 Å². The smallest absolute Gasteiger partial charge is 0.255 e. The summed E-state index contributed by atoms with van der Waals surface area (Å²) in [7, 11) is 3.60. The van der Waals surface area contributed by atoms with Gasteiger partial charge in [-0.15, -0.1) is 0 Å². The van der Waals surface area contributed by atoms with Crippen LogP contribution in [0.1, 0.15) is 36.0 Å². The molecule has 0 unspecified atom stereocenters. The van der Waals surface area contributed by atoms with Gasteiger partial charge in [-0.2, -0.15) is 0 Å². The highest BCUT2D eigenvalue weighted by Crippen LogP contribution is 2.22. The molecule has 1 aliphatic carbocycles.